The molecule has 23 heavy (non-hydrogen) atoms. The molecule has 1 N–H and O–H groups in total. The average molecular weight is 316 g/mol. The maximum Gasteiger partial charge on any atom is 0.151 e. The van der Waals surface area contributed by atoms with E-state index in [0.717, 1.165) is 49.2 Å². The fourth-order valence-corrected chi connectivity index (χ4v) is 4.15. The van der Waals surface area contributed by atoms with E-state index >= 15 is 0 Å². The van der Waals surface area contributed by atoms with Gasteiger partial charge in [-0.1, -0.05) is 0 Å². The topological polar surface area (TPSA) is 63.6 Å². The Morgan fingerprint density at radius 2 is 1.74 bits per heavy atom. The maximum absolute atomic E-state index is 12.9. The van der Waals surface area contributed by atoms with Gasteiger partial charge in [-0.2, -0.15) is 0 Å². The number of phenols is 1. The van der Waals surface area contributed by atoms with Gasteiger partial charge in [0.2, 0.25) is 0 Å². The van der Waals surface area contributed by atoms with Crippen LogP contribution >= 0.6 is 0 Å². The number of ketones is 2. The summed E-state index contributed by atoms with van der Waals surface area (Å²) in [4.78, 5) is 25.4. The predicted octanol–water partition coefficient (Wildman–Crippen LogP) is 3.07. The van der Waals surface area contributed by atoms with Crippen molar-refractivity contribution in [1.29, 1.82) is 0 Å². The molecule has 2 atom stereocenters. The van der Waals surface area contributed by atoms with Crippen molar-refractivity contribution in [3.05, 3.63) is 28.8 Å². The molecule has 0 spiro atoms. The number of hydrogen-bond donors (Lipinski definition) is 1. The Hall–Kier alpha value is -1.68. The van der Waals surface area contributed by atoms with Crippen molar-refractivity contribution in [1.82, 2.24) is 0 Å². The molecule has 1 aliphatic carbocycles. The summed E-state index contributed by atoms with van der Waals surface area (Å²) >= 11 is 0. The second-order valence-electron chi connectivity index (χ2n) is 6.99. The van der Waals surface area contributed by atoms with Gasteiger partial charge in [0.25, 0.3) is 0 Å². The van der Waals surface area contributed by atoms with Gasteiger partial charge in [-0.05, 0) is 67.9 Å². The van der Waals surface area contributed by atoms with Crippen LogP contribution in [0.15, 0.2) is 12.1 Å². The molecule has 4 nitrogen and oxygen atoms in total. The van der Waals surface area contributed by atoms with Crippen molar-refractivity contribution in [2.45, 2.75) is 45.4 Å². The molecule has 1 aromatic carbocycles. The van der Waals surface area contributed by atoms with E-state index in [0.29, 0.717) is 12.3 Å². The van der Waals surface area contributed by atoms with E-state index in [1.165, 1.54) is 0 Å². The van der Waals surface area contributed by atoms with Crippen molar-refractivity contribution < 1.29 is 19.4 Å². The van der Waals surface area contributed by atoms with E-state index in [-0.39, 0.29) is 23.2 Å². The van der Waals surface area contributed by atoms with Crippen molar-refractivity contribution >= 4 is 11.6 Å². The molecule has 4 heteroatoms. The number of benzene rings is 1. The van der Waals surface area contributed by atoms with Crippen LogP contribution in [0.1, 0.15) is 48.3 Å². The second-order valence-corrected chi connectivity index (χ2v) is 6.99. The molecule has 0 radical (unpaired) electrons. The number of phenolic OH excluding ortho intramolecular Hbond substituents is 1. The molecule has 1 heterocycles. The summed E-state index contributed by atoms with van der Waals surface area (Å²) in [5.41, 5.74) is 2.44. The molecule has 124 valence electrons. The van der Waals surface area contributed by atoms with Crippen LogP contribution in [0.3, 0.4) is 0 Å². The Morgan fingerprint density at radius 3 is 2.35 bits per heavy atom. The molecule has 0 amide bonds. The smallest absolute Gasteiger partial charge is 0.151 e. The van der Waals surface area contributed by atoms with Crippen LogP contribution < -0.4 is 0 Å². The molecule has 2 aliphatic rings. The van der Waals surface area contributed by atoms with Gasteiger partial charge in [-0.15, -0.1) is 0 Å². The predicted molar refractivity (Wildman–Crippen MR) is 86.6 cm³/mol. The monoisotopic (exact) mass is 316 g/mol. The SMILES string of the molecule is Cc1cc(O)cc(C)c1C1C(=O)CC(CC2CCOCC2)C1=O. The van der Waals surface area contributed by atoms with Gasteiger partial charge in [-0.25, -0.2) is 0 Å². The van der Waals surface area contributed by atoms with Gasteiger partial charge in [0.05, 0.1) is 0 Å². The minimum atomic E-state index is -0.638. The first-order valence-electron chi connectivity index (χ1n) is 8.41. The van der Waals surface area contributed by atoms with Crippen LogP contribution in [0, 0.1) is 25.7 Å². The number of aryl methyl sites for hydroxylation is 2. The number of ether oxygens (including phenoxy) is 1. The van der Waals surface area contributed by atoms with E-state index in [9.17, 15) is 14.7 Å². The van der Waals surface area contributed by atoms with E-state index in [4.69, 9.17) is 4.74 Å². The number of hydrogen-bond acceptors (Lipinski definition) is 4. The maximum atomic E-state index is 12.9. The fraction of sp³-hybridized carbons (Fsp3) is 0.579. The largest absolute Gasteiger partial charge is 0.508 e. The highest BCUT2D eigenvalue weighted by molar-refractivity contribution is 6.15. The first kappa shape index (κ1) is 16.2. The molecule has 0 aromatic heterocycles. The summed E-state index contributed by atoms with van der Waals surface area (Å²) in [6.45, 7) is 5.24. The van der Waals surface area contributed by atoms with Crippen molar-refractivity contribution in [2.75, 3.05) is 13.2 Å². The van der Waals surface area contributed by atoms with Crippen molar-refractivity contribution in [3.63, 3.8) is 0 Å². The number of rotatable bonds is 3. The summed E-state index contributed by atoms with van der Waals surface area (Å²) in [6.07, 6.45) is 3.14. The lowest BCUT2D eigenvalue weighted by Crippen LogP contribution is -2.22. The molecular weight excluding hydrogens is 292 g/mol. The van der Waals surface area contributed by atoms with E-state index in [1.54, 1.807) is 12.1 Å². The Kier molecular flexibility index (Phi) is 4.53. The zero-order valence-electron chi connectivity index (χ0n) is 13.8. The minimum Gasteiger partial charge on any atom is -0.508 e. The summed E-state index contributed by atoms with van der Waals surface area (Å²) in [5.74, 6) is -0.0161. The second kappa shape index (κ2) is 6.44. The standard InChI is InChI=1S/C19H24O4/c1-11-7-15(20)8-12(2)17(11)18-16(21)10-14(19(18)22)9-13-3-5-23-6-4-13/h7-8,13-14,18,20H,3-6,9-10H2,1-2H3. The molecule has 2 unspecified atom stereocenters. The third-order valence-corrected chi connectivity index (χ3v) is 5.28. The van der Waals surface area contributed by atoms with Gasteiger partial charge in [0.1, 0.15) is 17.5 Å². The Bertz CT molecular complexity index is 605. The molecule has 1 aliphatic heterocycles. The first-order chi connectivity index (χ1) is 11.0. The number of carbonyl (C=O) groups is 2. The first-order valence-corrected chi connectivity index (χ1v) is 8.41. The van der Waals surface area contributed by atoms with Crippen LogP contribution in [0.2, 0.25) is 0 Å². The van der Waals surface area contributed by atoms with Gasteiger partial charge < -0.3 is 9.84 Å². The zero-order chi connectivity index (χ0) is 16.6. The fourth-order valence-electron chi connectivity index (χ4n) is 4.15. The molecule has 0 bridgehead atoms. The van der Waals surface area contributed by atoms with Gasteiger partial charge in [0, 0.05) is 25.6 Å². The highest BCUT2D eigenvalue weighted by atomic mass is 16.5. The van der Waals surface area contributed by atoms with Crippen LogP contribution in [-0.2, 0) is 14.3 Å². The quantitative estimate of drug-likeness (QED) is 0.871. The summed E-state index contributed by atoms with van der Waals surface area (Å²) < 4.78 is 5.37. The van der Waals surface area contributed by atoms with Crippen LogP contribution in [0.25, 0.3) is 0 Å². The molecule has 3 rings (SSSR count). The number of Topliss-reactive ketones (excluding diaryl/α,β-unsaturated/α-hetero) is 2. The van der Waals surface area contributed by atoms with Crippen molar-refractivity contribution in [3.8, 4) is 5.75 Å². The van der Waals surface area contributed by atoms with E-state index in [1.807, 2.05) is 13.8 Å². The molecule has 2 fully saturated rings. The summed E-state index contributed by atoms with van der Waals surface area (Å²) in [5, 5.41) is 9.68. The normalized spacial score (nSPS) is 26.0. The molecular formula is C19H24O4. The number of carbonyl (C=O) groups excluding carboxylic acids is 2. The zero-order valence-corrected chi connectivity index (χ0v) is 13.8. The van der Waals surface area contributed by atoms with E-state index < -0.39 is 5.92 Å². The Balaban J connectivity index is 1.81. The molecule has 1 aromatic rings. The summed E-state index contributed by atoms with van der Waals surface area (Å²) in [6, 6.07) is 3.27. The van der Waals surface area contributed by atoms with Crippen LogP contribution in [0.5, 0.6) is 5.75 Å². The number of aromatic hydroxyl groups is 1. The minimum absolute atomic E-state index is 0.0314. The lowest BCUT2D eigenvalue weighted by Gasteiger charge is -2.24. The van der Waals surface area contributed by atoms with Crippen molar-refractivity contribution in [2.24, 2.45) is 11.8 Å². The third-order valence-electron chi connectivity index (χ3n) is 5.28. The third kappa shape index (κ3) is 3.18. The Morgan fingerprint density at radius 1 is 1.13 bits per heavy atom. The lowest BCUT2D eigenvalue weighted by atomic mass is 9.84. The average Bonchev–Trinajstić information content (AvgIpc) is 2.75. The Labute approximate surface area is 136 Å². The van der Waals surface area contributed by atoms with E-state index in [2.05, 4.69) is 0 Å². The van der Waals surface area contributed by atoms with Gasteiger partial charge >= 0.3 is 0 Å². The molecule has 1 saturated heterocycles. The lowest BCUT2D eigenvalue weighted by molar-refractivity contribution is -0.125. The van der Waals surface area contributed by atoms with Crippen LogP contribution in [-0.4, -0.2) is 29.9 Å². The summed E-state index contributed by atoms with van der Waals surface area (Å²) in [7, 11) is 0. The molecule has 1 saturated carbocycles. The highest BCUT2D eigenvalue weighted by Gasteiger charge is 2.43. The van der Waals surface area contributed by atoms with Gasteiger partial charge in [0.15, 0.2) is 5.78 Å². The van der Waals surface area contributed by atoms with Crippen LogP contribution in [0.4, 0.5) is 0 Å². The highest BCUT2D eigenvalue weighted by Crippen LogP contribution is 2.40. The van der Waals surface area contributed by atoms with Gasteiger partial charge in [-0.3, -0.25) is 9.59 Å².